The Balaban J connectivity index is 1.36. The fraction of sp³-hybridized carbons (Fsp3) is 0.407. The van der Waals surface area contributed by atoms with Gasteiger partial charge >= 0.3 is 5.97 Å². The molecule has 0 aromatic heterocycles. The second-order valence-corrected chi connectivity index (χ2v) is 13.5. The van der Waals surface area contributed by atoms with E-state index in [1.807, 2.05) is 24.3 Å². The lowest BCUT2D eigenvalue weighted by Gasteiger charge is -2.34. The van der Waals surface area contributed by atoms with E-state index in [9.17, 15) is 23.1 Å². The molecule has 14 heteroatoms. The molecule has 2 aliphatic rings. The number of rotatable bonds is 9. The summed E-state index contributed by atoms with van der Waals surface area (Å²) in [5, 5.41) is 11.3. The third kappa shape index (κ3) is 8.16. The van der Waals surface area contributed by atoms with E-state index in [1.54, 1.807) is 31.1 Å². The molecular formula is C27H33Cl2N5O5S2. The molecule has 1 amide bonds. The number of carboxylic acids is 1. The number of anilines is 1. The zero-order valence-electron chi connectivity index (χ0n) is 22.8. The summed E-state index contributed by atoms with van der Waals surface area (Å²) in [6.07, 6.45) is 4.28. The largest absolute Gasteiger partial charge is 0.481 e. The lowest BCUT2D eigenvalue weighted by atomic mass is 9.97. The van der Waals surface area contributed by atoms with Crippen LogP contribution in [0.2, 0.25) is 10.0 Å². The number of amides is 1. The topological polar surface area (TPSA) is 114 Å². The van der Waals surface area contributed by atoms with Gasteiger partial charge in [0.05, 0.1) is 16.0 Å². The highest BCUT2D eigenvalue weighted by Crippen LogP contribution is 2.40. The van der Waals surface area contributed by atoms with Crippen LogP contribution in [0.25, 0.3) is 6.08 Å². The van der Waals surface area contributed by atoms with Crippen molar-refractivity contribution in [2.75, 3.05) is 58.3 Å². The van der Waals surface area contributed by atoms with E-state index in [2.05, 4.69) is 15.8 Å². The van der Waals surface area contributed by atoms with Crippen LogP contribution in [0.3, 0.4) is 0 Å². The number of halogens is 2. The summed E-state index contributed by atoms with van der Waals surface area (Å²) in [6.45, 7) is 2.34. The first-order valence-corrected chi connectivity index (χ1v) is 16.1. The number of aliphatic carboxylic acids is 1. The number of benzene rings is 2. The summed E-state index contributed by atoms with van der Waals surface area (Å²) in [5.74, 6) is -1.25. The third-order valence-electron chi connectivity index (χ3n) is 6.93. The fourth-order valence-electron chi connectivity index (χ4n) is 4.71. The Bertz CT molecular complexity index is 1410. The zero-order valence-corrected chi connectivity index (χ0v) is 25.9. The van der Waals surface area contributed by atoms with Crippen LogP contribution < -0.4 is 9.73 Å². The molecule has 0 aliphatic carbocycles. The first-order chi connectivity index (χ1) is 19.4. The minimum Gasteiger partial charge on any atom is -0.481 e. The van der Waals surface area contributed by atoms with Crippen LogP contribution in [0.1, 0.15) is 18.4 Å². The number of piperazine rings is 1. The number of hydrazine groups is 1. The second-order valence-electron chi connectivity index (χ2n) is 10.0. The SMILES string of the molecule is CN(C)NS(=O)(=O)N1CCN(C(=O)C=Cc2ccc(Sc3cccc(N4CCC(C(=O)O)CC4)c3)c(Cl)c2Cl)CC1. The highest BCUT2D eigenvalue weighted by Gasteiger charge is 2.28. The van der Waals surface area contributed by atoms with Crippen LogP contribution >= 0.6 is 35.0 Å². The maximum atomic E-state index is 12.8. The van der Waals surface area contributed by atoms with E-state index in [1.165, 1.54) is 27.2 Å². The van der Waals surface area contributed by atoms with E-state index in [4.69, 9.17) is 23.2 Å². The van der Waals surface area contributed by atoms with Gasteiger partial charge in [-0.15, -0.1) is 4.83 Å². The van der Waals surface area contributed by atoms with Gasteiger partial charge in [-0.2, -0.15) is 12.7 Å². The molecule has 2 N–H and O–H groups in total. The molecule has 222 valence electrons. The van der Waals surface area contributed by atoms with E-state index >= 15 is 0 Å². The molecule has 10 nitrogen and oxygen atoms in total. The number of carbonyl (C=O) groups excluding carboxylic acids is 1. The Morgan fingerprint density at radius 2 is 1.71 bits per heavy atom. The van der Waals surface area contributed by atoms with E-state index in [0.29, 0.717) is 41.5 Å². The predicted molar refractivity (Wildman–Crippen MR) is 163 cm³/mol. The molecule has 0 spiro atoms. The molecule has 0 saturated carbocycles. The van der Waals surface area contributed by atoms with Crippen LogP contribution in [0.5, 0.6) is 0 Å². The van der Waals surface area contributed by atoms with Crippen LogP contribution in [-0.2, 0) is 19.8 Å². The van der Waals surface area contributed by atoms with Gasteiger partial charge in [0.2, 0.25) is 5.91 Å². The molecule has 2 heterocycles. The van der Waals surface area contributed by atoms with Crippen molar-refractivity contribution in [2.45, 2.75) is 22.6 Å². The Kier molecular flexibility index (Phi) is 10.6. The van der Waals surface area contributed by atoms with Gasteiger partial charge in [-0.3, -0.25) is 9.59 Å². The number of nitrogens with zero attached hydrogens (tertiary/aromatic N) is 4. The first kappa shape index (κ1) is 31.6. The van der Waals surface area contributed by atoms with E-state index in [0.717, 1.165) is 15.5 Å². The second kappa shape index (κ2) is 13.8. The summed E-state index contributed by atoms with van der Waals surface area (Å²) in [4.78, 5) is 31.9. The van der Waals surface area contributed by atoms with Crippen molar-refractivity contribution in [3.8, 4) is 0 Å². The van der Waals surface area contributed by atoms with E-state index in [-0.39, 0.29) is 38.0 Å². The first-order valence-electron chi connectivity index (χ1n) is 13.1. The predicted octanol–water partition coefficient (Wildman–Crippen LogP) is 3.91. The van der Waals surface area contributed by atoms with Gasteiger partial charge in [0, 0.05) is 74.9 Å². The molecule has 2 aromatic carbocycles. The fourth-order valence-corrected chi connectivity index (χ4v) is 7.41. The number of hydrogen-bond acceptors (Lipinski definition) is 7. The van der Waals surface area contributed by atoms with Gasteiger partial charge in [0.1, 0.15) is 0 Å². The molecule has 2 aromatic rings. The lowest BCUT2D eigenvalue weighted by Crippen LogP contribution is -2.54. The standard InChI is InChI=1S/C27H33Cl2N5O5S2/c1-31(2)30-41(38,39)34-16-14-33(15-17-34)24(35)9-7-19-6-8-23(26(29)25(19)28)40-22-5-3-4-21(18-22)32-12-10-20(11-13-32)27(36)37/h3-9,18,20,30H,10-17H2,1-2H3,(H,36,37). The van der Waals surface area contributed by atoms with Crippen LogP contribution in [0.4, 0.5) is 5.69 Å². The average molecular weight is 643 g/mol. The van der Waals surface area contributed by atoms with Crippen molar-refractivity contribution < 1.29 is 23.1 Å². The van der Waals surface area contributed by atoms with Gasteiger partial charge in [-0.25, -0.2) is 5.01 Å². The van der Waals surface area contributed by atoms with Gasteiger partial charge in [0.15, 0.2) is 0 Å². The van der Waals surface area contributed by atoms with Crippen molar-refractivity contribution in [3.05, 3.63) is 58.1 Å². The van der Waals surface area contributed by atoms with Gasteiger partial charge in [-0.05, 0) is 48.7 Å². The Morgan fingerprint density at radius 1 is 1.02 bits per heavy atom. The smallest absolute Gasteiger partial charge is 0.306 e. The quantitative estimate of drug-likeness (QED) is 0.313. The number of carboxylic acid groups (broad SMARTS) is 1. The number of hydrogen-bond donors (Lipinski definition) is 2. The zero-order chi connectivity index (χ0) is 29.7. The molecule has 0 bridgehead atoms. The molecule has 41 heavy (non-hydrogen) atoms. The Hall–Kier alpha value is -2.32. The van der Waals surface area contributed by atoms with Crippen LogP contribution in [-0.4, -0.2) is 93.0 Å². The van der Waals surface area contributed by atoms with E-state index < -0.39 is 16.2 Å². The molecule has 0 atom stereocenters. The van der Waals surface area contributed by atoms with Gasteiger partial charge < -0.3 is 14.9 Å². The average Bonchev–Trinajstić information content (AvgIpc) is 2.94. The van der Waals surface area contributed by atoms with Crippen LogP contribution in [0.15, 0.2) is 52.3 Å². The molecule has 0 unspecified atom stereocenters. The number of carbonyl (C=O) groups is 2. The number of piperidine rings is 1. The Labute approximate surface area is 255 Å². The van der Waals surface area contributed by atoms with Gasteiger partial charge in [-0.1, -0.05) is 47.1 Å². The summed E-state index contributed by atoms with van der Waals surface area (Å²) in [6, 6.07) is 11.7. The number of nitrogens with one attached hydrogen (secondary N) is 1. The van der Waals surface area contributed by atoms with Crippen molar-refractivity contribution in [1.82, 2.24) is 19.0 Å². The molecule has 2 aliphatic heterocycles. The van der Waals surface area contributed by atoms with Crippen LogP contribution in [0, 0.1) is 5.92 Å². The lowest BCUT2D eigenvalue weighted by molar-refractivity contribution is -0.142. The van der Waals surface area contributed by atoms with Crippen molar-refractivity contribution >= 4 is 68.8 Å². The molecule has 4 rings (SSSR count). The molecule has 0 radical (unpaired) electrons. The van der Waals surface area contributed by atoms with Crippen molar-refractivity contribution in [2.24, 2.45) is 5.92 Å². The maximum Gasteiger partial charge on any atom is 0.306 e. The Morgan fingerprint density at radius 3 is 2.34 bits per heavy atom. The summed E-state index contributed by atoms with van der Waals surface area (Å²) >= 11 is 14.7. The highest BCUT2D eigenvalue weighted by molar-refractivity contribution is 7.99. The van der Waals surface area contributed by atoms with Crippen molar-refractivity contribution in [3.63, 3.8) is 0 Å². The molecule has 2 fully saturated rings. The monoisotopic (exact) mass is 641 g/mol. The minimum atomic E-state index is -3.64. The normalized spacial score (nSPS) is 17.5. The maximum absolute atomic E-state index is 12.8. The van der Waals surface area contributed by atoms with Gasteiger partial charge in [0.25, 0.3) is 10.2 Å². The summed E-state index contributed by atoms with van der Waals surface area (Å²) in [7, 11) is -0.448. The molecular weight excluding hydrogens is 609 g/mol. The third-order valence-corrected chi connectivity index (χ3v) is 10.6. The molecule has 2 saturated heterocycles. The minimum absolute atomic E-state index is 0.197. The summed E-state index contributed by atoms with van der Waals surface area (Å²) < 4.78 is 26.0. The van der Waals surface area contributed by atoms with Crippen molar-refractivity contribution in [1.29, 1.82) is 0 Å². The highest BCUT2D eigenvalue weighted by atomic mass is 35.5. The summed E-state index contributed by atoms with van der Waals surface area (Å²) in [5.41, 5.74) is 1.63.